The van der Waals surface area contributed by atoms with Crippen molar-refractivity contribution in [1.29, 1.82) is 0 Å². The van der Waals surface area contributed by atoms with E-state index in [-0.39, 0.29) is 11.1 Å². The highest BCUT2D eigenvalue weighted by atomic mass is 16.5. The molecule has 0 aromatic heterocycles. The quantitative estimate of drug-likeness (QED) is 0.521. The Morgan fingerprint density at radius 2 is 1.95 bits per heavy atom. The molecule has 4 nitrogen and oxygen atoms in total. The lowest BCUT2D eigenvalue weighted by Gasteiger charge is -2.07. The number of carboxylic acid groups (broad SMARTS) is 1. The number of hydrogen-bond donors (Lipinski definition) is 1. The van der Waals surface area contributed by atoms with Crippen LogP contribution in [0.3, 0.4) is 0 Å². The minimum atomic E-state index is -1.02. The third-order valence-corrected chi connectivity index (χ3v) is 2.64. The van der Waals surface area contributed by atoms with Crippen LogP contribution in [0.15, 0.2) is 48.6 Å². The minimum absolute atomic E-state index is 0.172. The summed E-state index contributed by atoms with van der Waals surface area (Å²) in [7, 11) is 0. The Morgan fingerprint density at radius 1 is 1.21 bits per heavy atom. The highest BCUT2D eigenvalue weighted by molar-refractivity contribution is 6.04. The van der Waals surface area contributed by atoms with Crippen LogP contribution in [0.1, 0.15) is 17.3 Å². The summed E-state index contributed by atoms with van der Waals surface area (Å²) in [6, 6.07) is 9.85. The molecule has 0 fully saturated rings. The number of rotatable bonds is 3. The normalized spacial score (nSPS) is 10.2. The van der Waals surface area contributed by atoms with Crippen LogP contribution in [-0.2, 0) is 4.79 Å². The van der Waals surface area contributed by atoms with Gasteiger partial charge >= 0.3 is 11.9 Å². The van der Waals surface area contributed by atoms with Gasteiger partial charge < -0.3 is 9.84 Å². The lowest BCUT2D eigenvalue weighted by molar-refractivity contribution is -0.130. The fourth-order valence-corrected chi connectivity index (χ4v) is 1.70. The van der Waals surface area contributed by atoms with Gasteiger partial charge in [-0.3, -0.25) is 0 Å². The van der Waals surface area contributed by atoms with Crippen LogP contribution in [0, 0.1) is 0 Å². The second-order valence-corrected chi connectivity index (χ2v) is 4.16. The van der Waals surface area contributed by atoms with Crippen molar-refractivity contribution in [2.45, 2.75) is 6.92 Å². The van der Waals surface area contributed by atoms with Crippen LogP contribution in [0.25, 0.3) is 10.8 Å². The maximum atomic E-state index is 11.4. The lowest BCUT2D eigenvalue weighted by atomic mass is 10.0. The molecule has 2 aromatic carbocycles. The van der Waals surface area contributed by atoms with Crippen LogP contribution in [0.5, 0.6) is 5.75 Å². The molecular formula is C15H12O4. The molecule has 0 aliphatic heterocycles. The number of aromatic carboxylic acids is 1. The Balaban J connectivity index is 2.50. The number of benzene rings is 2. The Labute approximate surface area is 109 Å². The Bertz CT molecular complexity index is 686. The van der Waals surface area contributed by atoms with Gasteiger partial charge in [0.25, 0.3) is 0 Å². The maximum Gasteiger partial charge on any atom is 0.338 e. The third-order valence-electron chi connectivity index (χ3n) is 2.64. The molecule has 0 saturated carbocycles. The highest BCUT2D eigenvalue weighted by Crippen LogP contribution is 2.24. The van der Waals surface area contributed by atoms with Crippen LogP contribution >= 0.6 is 0 Å². The van der Waals surface area contributed by atoms with Crippen molar-refractivity contribution in [3.63, 3.8) is 0 Å². The molecular weight excluding hydrogens is 244 g/mol. The molecule has 2 rings (SSSR count). The van der Waals surface area contributed by atoms with Crippen LogP contribution in [-0.4, -0.2) is 17.0 Å². The standard InChI is InChI=1S/C15H12O4/c1-9(2)15(18)19-11-7-6-10-4-3-5-12(14(16)17)13(10)8-11/h3-8H,1H2,2H3,(H,16,17). The summed E-state index contributed by atoms with van der Waals surface area (Å²) in [5.41, 5.74) is 0.456. The first-order valence-electron chi connectivity index (χ1n) is 5.63. The molecule has 96 valence electrons. The van der Waals surface area contributed by atoms with Gasteiger partial charge in [-0.25, -0.2) is 9.59 Å². The predicted molar refractivity (Wildman–Crippen MR) is 71.4 cm³/mol. The van der Waals surface area contributed by atoms with Crippen molar-refractivity contribution in [2.24, 2.45) is 0 Å². The van der Waals surface area contributed by atoms with Gasteiger partial charge in [-0.05, 0) is 35.9 Å². The van der Waals surface area contributed by atoms with Crippen molar-refractivity contribution in [1.82, 2.24) is 0 Å². The number of carbonyl (C=O) groups excluding carboxylic acids is 1. The first kappa shape index (κ1) is 12.8. The maximum absolute atomic E-state index is 11.4. The van der Waals surface area contributed by atoms with Crippen molar-refractivity contribution >= 4 is 22.7 Å². The zero-order valence-electron chi connectivity index (χ0n) is 10.3. The van der Waals surface area contributed by atoms with Gasteiger partial charge in [-0.1, -0.05) is 24.8 Å². The van der Waals surface area contributed by atoms with E-state index in [9.17, 15) is 9.59 Å². The van der Waals surface area contributed by atoms with Gasteiger partial charge in [-0.15, -0.1) is 0 Å². The third kappa shape index (κ3) is 2.63. The second-order valence-electron chi connectivity index (χ2n) is 4.16. The van der Waals surface area contributed by atoms with Gasteiger partial charge in [0, 0.05) is 5.57 Å². The van der Waals surface area contributed by atoms with Gasteiger partial charge in [0.1, 0.15) is 5.75 Å². The van der Waals surface area contributed by atoms with Crippen LogP contribution < -0.4 is 4.74 Å². The monoisotopic (exact) mass is 256 g/mol. The molecule has 2 aromatic rings. The van der Waals surface area contributed by atoms with E-state index in [4.69, 9.17) is 9.84 Å². The van der Waals surface area contributed by atoms with E-state index in [1.165, 1.54) is 6.07 Å². The molecule has 0 spiro atoms. The van der Waals surface area contributed by atoms with Gasteiger partial charge in [0.2, 0.25) is 0 Å². The van der Waals surface area contributed by atoms with E-state index < -0.39 is 11.9 Å². The summed E-state index contributed by atoms with van der Waals surface area (Å²) in [5, 5.41) is 10.4. The predicted octanol–water partition coefficient (Wildman–Crippen LogP) is 3.02. The lowest BCUT2D eigenvalue weighted by Crippen LogP contribution is -2.08. The molecule has 0 atom stereocenters. The molecule has 0 bridgehead atoms. The van der Waals surface area contributed by atoms with E-state index in [0.717, 1.165) is 5.39 Å². The summed E-state index contributed by atoms with van der Waals surface area (Å²) < 4.78 is 5.09. The SMILES string of the molecule is C=C(C)C(=O)Oc1ccc2cccc(C(=O)O)c2c1. The van der Waals surface area contributed by atoms with E-state index in [1.807, 2.05) is 0 Å². The van der Waals surface area contributed by atoms with Crippen molar-refractivity contribution in [2.75, 3.05) is 0 Å². The number of ether oxygens (including phenoxy) is 1. The van der Waals surface area contributed by atoms with Crippen molar-refractivity contribution in [3.8, 4) is 5.75 Å². The number of carboxylic acids is 1. The second kappa shape index (κ2) is 4.94. The van der Waals surface area contributed by atoms with Gasteiger partial charge in [0.05, 0.1) is 5.56 Å². The number of esters is 1. The summed E-state index contributed by atoms with van der Waals surface area (Å²) >= 11 is 0. The number of carbonyl (C=O) groups is 2. The van der Waals surface area contributed by atoms with Crippen LogP contribution in [0.4, 0.5) is 0 Å². The fourth-order valence-electron chi connectivity index (χ4n) is 1.70. The Kier molecular flexibility index (Phi) is 3.33. The van der Waals surface area contributed by atoms with Gasteiger partial charge in [-0.2, -0.15) is 0 Å². The smallest absolute Gasteiger partial charge is 0.338 e. The average molecular weight is 256 g/mol. The average Bonchev–Trinajstić information content (AvgIpc) is 2.37. The first-order chi connectivity index (χ1) is 8.99. The van der Waals surface area contributed by atoms with E-state index in [2.05, 4.69) is 6.58 Å². The summed E-state index contributed by atoms with van der Waals surface area (Å²) in [6.07, 6.45) is 0. The molecule has 0 aliphatic rings. The topological polar surface area (TPSA) is 63.6 Å². The Morgan fingerprint density at radius 3 is 2.58 bits per heavy atom. The van der Waals surface area contributed by atoms with Crippen molar-refractivity contribution in [3.05, 3.63) is 54.1 Å². The van der Waals surface area contributed by atoms with Gasteiger partial charge in [0.15, 0.2) is 0 Å². The summed E-state index contributed by atoms with van der Waals surface area (Å²) in [4.78, 5) is 22.6. The molecule has 4 heteroatoms. The minimum Gasteiger partial charge on any atom is -0.478 e. The molecule has 0 amide bonds. The van der Waals surface area contributed by atoms with E-state index in [0.29, 0.717) is 11.1 Å². The Hall–Kier alpha value is -2.62. The summed E-state index contributed by atoms with van der Waals surface area (Å²) in [6.45, 7) is 5.04. The first-order valence-corrected chi connectivity index (χ1v) is 5.63. The van der Waals surface area contributed by atoms with Crippen LogP contribution in [0.2, 0.25) is 0 Å². The van der Waals surface area contributed by atoms with Crippen molar-refractivity contribution < 1.29 is 19.4 Å². The number of hydrogen-bond acceptors (Lipinski definition) is 3. The molecule has 0 heterocycles. The molecule has 0 aliphatic carbocycles. The van der Waals surface area contributed by atoms with E-state index >= 15 is 0 Å². The molecule has 0 saturated heterocycles. The zero-order chi connectivity index (χ0) is 14.0. The highest BCUT2D eigenvalue weighted by Gasteiger charge is 2.10. The summed E-state index contributed by atoms with van der Waals surface area (Å²) in [5.74, 6) is -1.25. The molecule has 0 radical (unpaired) electrons. The van der Waals surface area contributed by atoms with E-state index in [1.54, 1.807) is 37.3 Å². The molecule has 19 heavy (non-hydrogen) atoms. The molecule has 0 unspecified atom stereocenters. The fraction of sp³-hybridized carbons (Fsp3) is 0.0667. The number of fused-ring (bicyclic) bond motifs is 1. The molecule has 1 N–H and O–H groups in total. The largest absolute Gasteiger partial charge is 0.478 e. The zero-order valence-corrected chi connectivity index (χ0v) is 10.3.